The third-order valence-corrected chi connectivity index (χ3v) is 3.94. The summed E-state index contributed by atoms with van der Waals surface area (Å²) in [6.07, 6.45) is 0. The van der Waals surface area contributed by atoms with Crippen molar-refractivity contribution in [1.29, 1.82) is 0 Å². The first-order chi connectivity index (χ1) is 9.52. The van der Waals surface area contributed by atoms with Crippen LogP contribution in [-0.2, 0) is 6.54 Å². The number of aromatic hydroxyl groups is 1. The van der Waals surface area contributed by atoms with Gasteiger partial charge in [-0.3, -0.25) is 0 Å². The Kier molecular flexibility index (Phi) is 4.55. The third-order valence-electron chi connectivity index (χ3n) is 3.30. The van der Waals surface area contributed by atoms with Gasteiger partial charge in [0.25, 0.3) is 0 Å². The molecule has 0 atom stereocenters. The van der Waals surface area contributed by atoms with Gasteiger partial charge in [0.1, 0.15) is 11.5 Å². The predicted molar refractivity (Wildman–Crippen MR) is 85.6 cm³/mol. The van der Waals surface area contributed by atoms with Gasteiger partial charge >= 0.3 is 0 Å². The van der Waals surface area contributed by atoms with Crippen molar-refractivity contribution in [3.05, 3.63) is 51.5 Å². The van der Waals surface area contributed by atoms with Crippen LogP contribution in [0.5, 0.6) is 11.5 Å². The molecule has 0 saturated heterocycles. The SMILES string of the molecule is COc1c(C)ccc(NCc2ccc(O)c(Br)c2)c1C. The van der Waals surface area contributed by atoms with Crippen LogP contribution in [0.4, 0.5) is 5.69 Å². The molecule has 0 saturated carbocycles. The zero-order valence-electron chi connectivity index (χ0n) is 11.8. The van der Waals surface area contributed by atoms with Gasteiger partial charge < -0.3 is 15.2 Å². The van der Waals surface area contributed by atoms with E-state index in [1.807, 2.05) is 32.0 Å². The average Bonchev–Trinajstić information content (AvgIpc) is 2.42. The molecule has 3 nitrogen and oxygen atoms in total. The number of hydrogen-bond acceptors (Lipinski definition) is 3. The number of rotatable bonds is 4. The molecule has 0 amide bonds. The number of hydrogen-bond donors (Lipinski definition) is 2. The van der Waals surface area contributed by atoms with Gasteiger partial charge in [-0.05, 0) is 59.1 Å². The molecular formula is C16H18BrNO2. The summed E-state index contributed by atoms with van der Waals surface area (Å²) in [6.45, 7) is 4.76. The largest absolute Gasteiger partial charge is 0.507 e. The fraction of sp³-hybridized carbons (Fsp3) is 0.250. The van der Waals surface area contributed by atoms with Crippen molar-refractivity contribution in [2.75, 3.05) is 12.4 Å². The smallest absolute Gasteiger partial charge is 0.129 e. The normalized spacial score (nSPS) is 10.4. The van der Waals surface area contributed by atoms with Crippen LogP contribution in [0.15, 0.2) is 34.8 Å². The first kappa shape index (κ1) is 14.7. The van der Waals surface area contributed by atoms with Crippen LogP contribution in [0.25, 0.3) is 0 Å². The Balaban J connectivity index is 2.16. The Morgan fingerprint density at radius 2 is 1.95 bits per heavy atom. The minimum atomic E-state index is 0.252. The monoisotopic (exact) mass is 335 g/mol. The number of anilines is 1. The topological polar surface area (TPSA) is 41.5 Å². The highest BCUT2D eigenvalue weighted by Crippen LogP contribution is 2.30. The number of benzene rings is 2. The summed E-state index contributed by atoms with van der Waals surface area (Å²) in [6, 6.07) is 9.59. The van der Waals surface area contributed by atoms with Gasteiger partial charge in [-0.1, -0.05) is 12.1 Å². The molecule has 0 fully saturated rings. The second-order valence-electron chi connectivity index (χ2n) is 4.73. The number of ether oxygens (including phenoxy) is 1. The summed E-state index contributed by atoms with van der Waals surface area (Å²) >= 11 is 3.32. The van der Waals surface area contributed by atoms with Crippen LogP contribution in [-0.4, -0.2) is 12.2 Å². The minimum absolute atomic E-state index is 0.252. The summed E-state index contributed by atoms with van der Waals surface area (Å²) in [5, 5.41) is 12.9. The Morgan fingerprint density at radius 3 is 2.60 bits per heavy atom. The van der Waals surface area contributed by atoms with E-state index < -0.39 is 0 Å². The number of phenols is 1. The maximum Gasteiger partial charge on any atom is 0.129 e. The van der Waals surface area contributed by atoms with E-state index in [9.17, 15) is 5.11 Å². The predicted octanol–water partition coefficient (Wildman–Crippen LogP) is 4.39. The molecule has 2 N–H and O–H groups in total. The fourth-order valence-corrected chi connectivity index (χ4v) is 2.62. The lowest BCUT2D eigenvalue weighted by Gasteiger charge is -2.15. The number of nitrogens with one attached hydrogen (secondary N) is 1. The molecule has 2 aromatic carbocycles. The quantitative estimate of drug-likeness (QED) is 0.870. The van der Waals surface area contributed by atoms with Crippen LogP contribution >= 0.6 is 15.9 Å². The lowest BCUT2D eigenvalue weighted by Crippen LogP contribution is -2.03. The lowest BCUT2D eigenvalue weighted by atomic mass is 10.1. The molecule has 0 heterocycles. The molecule has 2 rings (SSSR count). The van der Waals surface area contributed by atoms with Crippen LogP contribution in [0.2, 0.25) is 0 Å². The molecule has 20 heavy (non-hydrogen) atoms. The second-order valence-corrected chi connectivity index (χ2v) is 5.58. The van der Waals surface area contributed by atoms with E-state index >= 15 is 0 Å². The Morgan fingerprint density at radius 1 is 1.20 bits per heavy atom. The lowest BCUT2D eigenvalue weighted by molar-refractivity contribution is 0.409. The van der Waals surface area contributed by atoms with Gasteiger partial charge in [0.15, 0.2) is 0 Å². The van der Waals surface area contributed by atoms with Crippen molar-refractivity contribution in [1.82, 2.24) is 0 Å². The van der Waals surface area contributed by atoms with E-state index in [0.29, 0.717) is 11.0 Å². The van der Waals surface area contributed by atoms with Crippen molar-refractivity contribution in [3.8, 4) is 11.5 Å². The van der Waals surface area contributed by atoms with Gasteiger partial charge in [-0.25, -0.2) is 0 Å². The third kappa shape index (κ3) is 3.07. The van der Waals surface area contributed by atoms with Crippen molar-refractivity contribution < 1.29 is 9.84 Å². The zero-order valence-corrected chi connectivity index (χ0v) is 13.4. The maximum atomic E-state index is 9.49. The van der Waals surface area contributed by atoms with E-state index in [4.69, 9.17) is 4.74 Å². The van der Waals surface area contributed by atoms with E-state index in [-0.39, 0.29) is 5.75 Å². The number of halogens is 1. The standard InChI is InChI=1S/C16H18BrNO2/c1-10-4-6-14(11(2)16(10)20-3)18-9-12-5-7-15(19)13(17)8-12/h4-8,18-19H,9H2,1-3H3. The summed E-state index contributed by atoms with van der Waals surface area (Å²) in [5.41, 5.74) is 4.37. The average molecular weight is 336 g/mol. The fourth-order valence-electron chi connectivity index (χ4n) is 2.19. The zero-order chi connectivity index (χ0) is 14.7. The van der Waals surface area contributed by atoms with Gasteiger partial charge in [0.05, 0.1) is 11.6 Å². The highest BCUT2D eigenvalue weighted by atomic mass is 79.9. The number of aryl methyl sites for hydroxylation is 1. The van der Waals surface area contributed by atoms with Crippen LogP contribution in [0.1, 0.15) is 16.7 Å². The highest BCUT2D eigenvalue weighted by molar-refractivity contribution is 9.10. The Bertz CT molecular complexity index is 626. The molecule has 0 spiro atoms. The molecular weight excluding hydrogens is 318 g/mol. The van der Waals surface area contributed by atoms with Crippen molar-refractivity contribution in [2.24, 2.45) is 0 Å². The molecule has 0 aliphatic rings. The molecule has 0 bridgehead atoms. The van der Waals surface area contributed by atoms with Crippen molar-refractivity contribution >= 4 is 21.6 Å². The van der Waals surface area contributed by atoms with Gasteiger partial charge in [0, 0.05) is 17.8 Å². The minimum Gasteiger partial charge on any atom is -0.507 e. The first-order valence-electron chi connectivity index (χ1n) is 6.38. The van der Waals surface area contributed by atoms with E-state index in [1.165, 1.54) is 0 Å². The first-order valence-corrected chi connectivity index (χ1v) is 7.17. The van der Waals surface area contributed by atoms with E-state index in [1.54, 1.807) is 13.2 Å². The molecule has 106 valence electrons. The van der Waals surface area contributed by atoms with Gasteiger partial charge in [0.2, 0.25) is 0 Å². The number of methoxy groups -OCH3 is 1. The molecule has 0 aromatic heterocycles. The van der Waals surface area contributed by atoms with Crippen molar-refractivity contribution in [3.63, 3.8) is 0 Å². The summed E-state index contributed by atoms with van der Waals surface area (Å²) < 4.78 is 6.13. The van der Waals surface area contributed by atoms with Gasteiger partial charge in [-0.2, -0.15) is 0 Å². The van der Waals surface area contributed by atoms with Crippen molar-refractivity contribution in [2.45, 2.75) is 20.4 Å². The Labute approximate surface area is 127 Å². The van der Waals surface area contributed by atoms with Crippen LogP contribution in [0, 0.1) is 13.8 Å². The molecule has 2 aromatic rings. The van der Waals surface area contributed by atoms with Gasteiger partial charge in [-0.15, -0.1) is 0 Å². The van der Waals surface area contributed by atoms with Crippen LogP contribution in [0.3, 0.4) is 0 Å². The number of phenolic OH excluding ortho intramolecular Hbond substituents is 1. The maximum absolute atomic E-state index is 9.49. The molecule has 0 radical (unpaired) electrons. The van der Waals surface area contributed by atoms with Crippen LogP contribution < -0.4 is 10.1 Å². The highest BCUT2D eigenvalue weighted by Gasteiger charge is 2.08. The second kappa shape index (κ2) is 6.18. The molecule has 0 aliphatic carbocycles. The summed E-state index contributed by atoms with van der Waals surface area (Å²) in [5.74, 6) is 1.17. The van der Waals surface area contributed by atoms with E-state index in [0.717, 1.165) is 28.1 Å². The molecule has 0 aliphatic heterocycles. The summed E-state index contributed by atoms with van der Waals surface area (Å²) in [7, 11) is 1.69. The molecule has 4 heteroatoms. The van der Waals surface area contributed by atoms with E-state index in [2.05, 4.69) is 27.3 Å². The Hall–Kier alpha value is -1.68. The summed E-state index contributed by atoms with van der Waals surface area (Å²) in [4.78, 5) is 0. The molecule has 0 unspecified atom stereocenters.